The number of hydrogen-bond acceptors (Lipinski definition) is 3. The van der Waals surface area contributed by atoms with E-state index in [1.54, 1.807) is 6.07 Å². The fourth-order valence-electron chi connectivity index (χ4n) is 3.19. The van der Waals surface area contributed by atoms with Gasteiger partial charge in [0.1, 0.15) is 17.7 Å². The van der Waals surface area contributed by atoms with Gasteiger partial charge in [-0.1, -0.05) is 0 Å². The molecule has 0 saturated carbocycles. The third kappa shape index (κ3) is 1.46. The number of hydrogen-bond donors (Lipinski definition) is 2. The number of nitrogens with one attached hydrogen (secondary N) is 2. The zero-order chi connectivity index (χ0) is 13.0. The summed E-state index contributed by atoms with van der Waals surface area (Å²) in [6.07, 6.45) is 1.19. The van der Waals surface area contributed by atoms with E-state index in [-0.39, 0.29) is 24.0 Å². The second-order valence-corrected chi connectivity index (χ2v) is 5.14. The van der Waals surface area contributed by atoms with Crippen molar-refractivity contribution in [2.45, 2.75) is 30.7 Å². The quantitative estimate of drug-likeness (QED) is 0.745. The molecule has 0 aliphatic carbocycles. The zero-order valence-corrected chi connectivity index (χ0v) is 10.1. The molecule has 19 heavy (non-hydrogen) atoms. The number of halogens is 1. The van der Waals surface area contributed by atoms with E-state index < -0.39 is 5.72 Å². The predicted molar refractivity (Wildman–Crippen MR) is 63.1 cm³/mol. The van der Waals surface area contributed by atoms with Crippen LogP contribution in [0.3, 0.4) is 0 Å². The molecular formula is C13H13FN2O3. The first-order valence-corrected chi connectivity index (χ1v) is 6.37. The lowest BCUT2D eigenvalue weighted by molar-refractivity contribution is -0.172. The maximum absolute atomic E-state index is 13.4. The largest absolute Gasteiger partial charge is 0.465 e. The number of urea groups is 1. The Hall–Kier alpha value is -1.82. The minimum atomic E-state index is -0.823. The van der Waals surface area contributed by atoms with Crippen LogP contribution in [0.4, 0.5) is 9.18 Å². The van der Waals surface area contributed by atoms with Gasteiger partial charge in [0.2, 0.25) is 5.72 Å². The maximum atomic E-state index is 13.4. The molecule has 0 spiro atoms. The van der Waals surface area contributed by atoms with E-state index >= 15 is 0 Å². The van der Waals surface area contributed by atoms with Crippen LogP contribution in [0.5, 0.6) is 5.75 Å². The van der Waals surface area contributed by atoms with Gasteiger partial charge in [0.25, 0.3) is 0 Å². The average Bonchev–Trinajstić information content (AvgIpc) is 2.38. The second-order valence-electron chi connectivity index (χ2n) is 5.14. The van der Waals surface area contributed by atoms with Gasteiger partial charge in [0.15, 0.2) is 0 Å². The first-order chi connectivity index (χ1) is 9.18. The van der Waals surface area contributed by atoms with Crippen LogP contribution in [-0.4, -0.2) is 24.5 Å². The summed E-state index contributed by atoms with van der Waals surface area (Å²) >= 11 is 0. The third-order valence-corrected chi connectivity index (χ3v) is 3.96. The number of benzene rings is 1. The Labute approximate surface area is 109 Å². The Morgan fingerprint density at radius 3 is 3.21 bits per heavy atom. The average molecular weight is 264 g/mol. The molecule has 2 bridgehead atoms. The summed E-state index contributed by atoms with van der Waals surface area (Å²) in [5, 5.41) is 5.63. The molecule has 4 rings (SSSR count). The first kappa shape index (κ1) is 11.0. The molecular weight excluding hydrogens is 251 g/mol. The minimum absolute atomic E-state index is 0.304. The molecule has 3 heterocycles. The molecule has 3 aliphatic rings. The summed E-state index contributed by atoms with van der Waals surface area (Å²) in [6, 6.07) is 3.68. The van der Waals surface area contributed by atoms with Gasteiger partial charge >= 0.3 is 6.03 Å². The molecule has 3 unspecified atom stereocenters. The molecule has 3 aliphatic heterocycles. The Bertz CT molecular complexity index is 565. The molecule has 100 valence electrons. The highest BCUT2D eigenvalue weighted by molar-refractivity contribution is 5.77. The van der Waals surface area contributed by atoms with Crippen LogP contribution in [0.15, 0.2) is 18.2 Å². The fraction of sp³-hybridized carbons (Fsp3) is 0.462. The number of ether oxygens (including phenoxy) is 2. The van der Waals surface area contributed by atoms with Gasteiger partial charge in [0, 0.05) is 18.6 Å². The summed E-state index contributed by atoms with van der Waals surface area (Å²) in [7, 11) is 0. The molecule has 2 amide bonds. The molecule has 5 nitrogen and oxygen atoms in total. The van der Waals surface area contributed by atoms with Crippen LogP contribution < -0.4 is 15.4 Å². The predicted octanol–water partition coefficient (Wildman–Crippen LogP) is 1.45. The highest BCUT2D eigenvalue weighted by atomic mass is 19.1. The summed E-state index contributed by atoms with van der Waals surface area (Å²) < 4.78 is 25.1. The lowest BCUT2D eigenvalue weighted by Crippen LogP contribution is -2.74. The molecule has 0 radical (unpaired) electrons. The number of fused-ring (bicyclic) bond motifs is 2. The van der Waals surface area contributed by atoms with Crippen molar-refractivity contribution in [2.75, 3.05) is 6.61 Å². The highest BCUT2D eigenvalue weighted by Gasteiger charge is 2.57. The van der Waals surface area contributed by atoms with E-state index in [1.807, 2.05) is 0 Å². The van der Waals surface area contributed by atoms with Gasteiger partial charge in [-0.15, -0.1) is 0 Å². The van der Waals surface area contributed by atoms with Crippen molar-refractivity contribution < 1.29 is 18.7 Å². The summed E-state index contributed by atoms with van der Waals surface area (Å²) in [5.41, 5.74) is -0.187. The van der Waals surface area contributed by atoms with Gasteiger partial charge in [-0.2, -0.15) is 0 Å². The van der Waals surface area contributed by atoms with Crippen molar-refractivity contribution in [3.63, 3.8) is 0 Å². The third-order valence-electron chi connectivity index (χ3n) is 3.96. The number of carbonyl (C=O) groups excluding carboxylic acids is 1. The highest BCUT2D eigenvalue weighted by Crippen LogP contribution is 2.45. The Balaban J connectivity index is 1.88. The Morgan fingerprint density at radius 2 is 2.32 bits per heavy atom. The van der Waals surface area contributed by atoms with Crippen molar-refractivity contribution in [2.24, 2.45) is 0 Å². The molecule has 0 aromatic heterocycles. The van der Waals surface area contributed by atoms with Crippen LogP contribution in [0, 0.1) is 5.82 Å². The molecule has 2 saturated heterocycles. The molecule has 2 N–H and O–H groups in total. The smallest absolute Gasteiger partial charge is 0.318 e. The van der Waals surface area contributed by atoms with Crippen LogP contribution in [-0.2, 0) is 4.74 Å². The lowest BCUT2D eigenvalue weighted by atomic mass is 9.83. The number of amides is 2. The maximum Gasteiger partial charge on any atom is 0.318 e. The van der Waals surface area contributed by atoms with Gasteiger partial charge < -0.3 is 14.8 Å². The van der Waals surface area contributed by atoms with Crippen molar-refractivity contribution in [3.8, 4) is 5.75 Å². The lowest BCUT2D eigenvalue weighted by Gasteiger charge is -2.53. The van der Waals surface area contributed by atoms with Gasteiger partial charge in [0.05, 0.1) is 6.04 Å². The van der Waals surface area contributed by atoms with Gasteiger partial charge in [-0.3, -0.25) is 5.32 Å². The minimum Gasteiger partial charge on any atom is -0.465 e. The fourth-order valence-corrected chi connectivity index (χ4v) is 3.19. The molecule has 2 fully saturated rings. The van der Waals surface area contributed by atoms with Crippen molar-refractivity contribution in [3.05, 3.63) is 29.6 Å². The zero-order valence-electron chi connectivity index (χ0n) is 10.1. The van der Waals surface area contributed by atoms with E-state index in [1.165, 1.54) is 12.1 Å². The van der Waals surface area contributed by atoms with Crippen LogP contribution in [0.2, 0.25) is 0 Å². The standard InChI is InChI=1S/C13H13FN2O3/c14-7-2-3-9-8(6-7)10-11-13(19-9,4-1-5-18-11)16-12(17)15-10/h2-3,6,10-11H,1,4-5H2,(H2,15,16,17). The van der Waals surface area contributed by atoms with Crippen molar-refractivity contribution >= 4 is 6.03 Å². The molecule has 1 aromatic carbocycles. The van der Waals surface area contributed by atoms with Gasteiger partial charge in [-0.25, -0.2) is 9.18 Å². The number of rotatable bonds is 0. The monoisotopic (exact) mass is 264 g/mol. The topological polar surface area (TPSA) is 59.6 Å². The normalized spacial score (nSPS) is 35.3. The van der Waals surface area contributed by atoms with Crippen molar-refractivity contribution in [1.82, 2.24) is 10.6 Å². The van der Waals surface area contributed by atoms with E-state index in [0.29, 0.717) is 24.3 Å². The van der Waals surface area contributed by atoms with E-state index in [2.05, 4.69) is 10.6 Å². The second kappa shape index (κ2) is 3.60. The van der Waals surface area contributed by atoms with Crippen LogP contribution >= 0.6 is 0 Å². The molecule has 6 heteroatoms. The van der Waals surface area contributed by atoms with E-state index in [0.717, 1.165) is 6.42 Å². The Kier molecular flexibility index (Phi) is 2.09. The van der Waals surface area contributed by atoms with E-state index in [9.17, 15) is 9.18 Å². The first-order valence-electron chi connectivity index (χ1n) is 6.37. The van der Waals surface area contributed by atoms with Gasteiger partial charge in [-0.05, 0) is 24.6 Å². The van der Waals surface area contributed by atoms with Crippen molar-refractivity contribution in [1.29, 1.82) is 0 Å². The van der Waals surface area contributed by atoms with E-state index in [4.69, 9.17) is 9.47 Å². The van der Waals surface area contributed by atoms with Crippen LogP contribution in [0.1, 0.15) is 24.4 Å². The SMILES string of the molecule is O=C1NC2c3cc(F)ccc3OC3(CCCOC23)N1. The summed E-state index contributed by atoms with van der Waals surface area (Å²) in [4.78, 5) is 11.8. The number of carbonyl (C=O) groups is 1. The summed E-state index contributed by atoms with van der Waals surface area (Å²) in [5.74, 6) is 0.249. The Morgan fingerprint density at radius 1 is 1.42 bits per heavy atom. The summed E-state index contributed by atoms with van der Waals surface area (Å²) in [6.45, 7) is 0.620. The van der Waals surface area contributed by atoms with Crippen LogP contribution in [0.25, 0.3) is 0 Å². The molecule has 3 atom stereocenters. The molecule has 1 aromatic rings.